The van der Waals surface area contributed by atoms with Crippen molar-refractivity contribution in [1.82, 2.24) is 9.97 Å². The zero-order chi connectivity index (χ0) is 21.4. The molecule has 0 N–H and O–H groups in total. The minimum absolute atomic E-state index is 0.158. The summed E-state index contributed by atoms with van der Waals surface area (Å²) >= 11 is 12.3. The second-order valence-electron chi connectivity index (χ2n) is 7.35. The third kappa shape index (κ3) is 3.59. The topological polar surface area (TPSA) is 55.3 Å². The fraction of sp³-hybridized carbons (Fsp3) is 0.318. The van der Waals surface area contributed by atoms with Crippen LogP contribution < -0.4 is 4.90 Å². The molecular formula is C22H20Cl2FN3O2. The summed E-state index contributed by atoms with van der Waals surface area (Å²) in [6, 6.07) is 8.19. The largest absolute Gasteiger partial charge is 0.469 e. The van der Waals surface area contributed by atoms with Crippen LogP contribution in [0, 0.1) is 11.7 Å². The number of hydrogen-bond donors (Lipinski definition) is 0. The third-order valence-electron chi connectivity index (χ3n) is 5.71. The SMILES string of the molecule is COC(=O)C1CCCN(c2ncnc3c(F)ccc(-c4ccc(Cl)c(Cl)c4)c23)C1C. The Morgan fingerprint density at radius 1 is 1.20 bits per heavy atom. The van der Waals surface area contributed by atoms with E-state index in [-0.39, 0.29) is 23.4 Å². The van der Waals surface area contributed by atoms with Gasteiger partial charge in [0.15, 0.2) is 0 Å². The van der Waals surface area contributed by atoms with Crippen molar-refractivity contribution in [1.29, 1.82) is 0 Å². The molecule has 3 aromatic rings. The quantitative estimate of drug-likeness (QED) is 0.494. The van der Waals surface area contributed by atoms with Gasteiger partial charge in [0.05, 0.1) is 28.5 Å². The van der Waals surface area contributed by atoms with Gasteiger partial charge in [-0.3, -0.25) is 4.79 Å². The molecule has 5 nitrogen and oxygen atoms in total. The van der Waals surface area contributed by atoms with Crippen LogP contribution in [0.25, 0.3) is 22.0 Å². The van der Waals surface area contributed by atoms with E-state index in [1.165, 1.54) is 19.5 Å². The molecule has 1 aliphatic heterocycles. The fourth-order valence-corrected chi connectivity index (χ4v) is 4.45. The highest BCUT2D eigenvalue weighted by molar-refractivity contribution is 6.42. The van der Waals surface area contributed by atoms with Crippen molar-refractivity contribution in [2.24, 2.45) is 5.92 Å². The average Bonchev–Trinajstić information content (AvgIpc) is 2.75. The maximum atomic E-state index is 14.7. The van der Waals surface area contributed by atoms with E-state index in [0.717, 1.165) is 24.0 Å². The highest BCUT2D eigenvalue weighted by Gasteiger charge is 2.35. The molecule has 2 heterocycles. The van der Waals surface area contributed by atoms with E-state index >= 15 is 0 Å². The summed E-state index contributed by atoms with van der Waals surface area (Å²) in [5.74, 6) is -0.384. The molecule has 30 heavy (non-hydrogen) atoms. The molecule has 2 unspecified atom stereocenters. The Labute approximate surface area is 183 Å². The van der Waals surface area contributed by atoms with Gasteiger partial charge in [0.25, 0.3) is 0 Å². The summed E-state index contributed by atoms with van der Waals surface area (Å²) in [5.41, 5.74) is 1.74. The van der Waals surface area contributed by atoms with Crippen LogP contribution in [-0.2, 0) is 9.53 Å². The first-order valence-electron chi connectivity index (χ1n) is 9.65. The van der Waals surface area contributed by atoms with E-state index < -0.39 is 5.82 Å². The Morgan fingerprint density at radius 3 is 2.73 bits per heavy atom. The van der Waals surface area contributed by atoms with Gasteiger partial charge in [-0.2, -0.15) is 0 Å². The summed E-state index contributed by atoms with van der Waals surface area (Å²) < 4.78 is 19.7. The van der Waals surface area contributed by atoms with Gasteiger partial charge in [0, 0.05) is 12.6 Å². The van der Waals surface area contributed by atoms with Crippen LogP contribution in [0.15, 0.2) is 36.7 Å². The van der Waals surface area contributed by atoms with Crippen molar-refractivity contribution in [2.75, 3.05) is 18.6 Å². The van der Waals surface area contributed by atoms with E-state index in [4.69, 9.17) is 27.9 Å². The van der Waals surface area contributed by atoms with Crippen molar-refractivity contribution >= 4 is 45.9 Å². The summed E-state index contributed by atoms with van der Waals surface area (Å²) in [6.45, 7) is 2.66. The first-order valence-corrected chi connectivity index (χ1v) is 10.4. The number of benzene rings is 2. The summed E-state index contributed by atoms with van der Waals surface area (Å²) in [4.78, 5) is 23.0. The van der Waals surface area contributed by atoms with E-state index in [1.807, 2.05) is 17.9 Å². The molecule has 1 aromatic heterocycles. The molecule has 1 saturated heterocycles. The van der Waals surface area contributed by atoms with Crippen molar-refractivity contribution in [3.8, 4) is 11.1 Å². The number of carbonyl (C=O) groups excluding carboxylic acids is 1. The average molecular weight is 448 g/mol. The maximum absolute atomic E-state index is 14.7. The number of aromatic nitrogens is 2. The molecule has 4 rings (SSSR count). The molecule has 0 amide bonds. The van der Waals surface area contributed by atoms with Gasteiger partial charge in [0.1, 0.15) is 23.5 Å². The molecular weight excluding hydrogens is 428 g/mol. The van der Waals surface area contributed by atoms with Gasteiger partial charge in [-0.05, 0) is 49.1 Å². The molecule has 0 saturated carbocycles. The molecule has 0 radical (unpaired) electrons. The van der Waals surface area contributed by atoms with Crippen LogP contribution in [0.1, 0.15) is 19.8 Å². The van der Waals surface area contributed by atoms with Crippen molar-refractivity contribution in [2.45, 2.75) is 25.8 Å². The molecule has 0 bridgehead atoms. The number of rotatable bonds is 3. The smallest absolute Gasteiger partial charge is 0.310 e. The number of fused-ring (bicyclic) bond motifs is 1. The second-order valence-corrected chi connectivity index (χ2v) is 8.16. The van der Waals surface area contributed by atoms with Crippen molar-refractivity contribution < 1.29 is 13.9 Å². The number of esters is 1. The molecule has 2 aromatic carbocycles. The number of hydrogen-bond acceptors (Lipinski definition) is 5. The van der Waals surface area contributed by atoms with E-state index in [9.17, 15) is 9.18 Å². The Balaban J connectivity index is 1.91. The Kier molecular flexibility index (Phi) is 5.80. The van der Waals surface area contributed by atoms with Crippen LogP contribution in [0.3, 0.4) is 0 Å². The van der Waals surface area contributed by atoms with Gasteiger partial charge >= 0.3 is 5.97 Å². The third-order valence-corrected chi connectivity index (χ3v) is 6.45. The lowest BCUT2D eigenvalue weighted by Crippen LogP contribution is -2.47. The standard InChI is InChI=1S/C22H20Cl2FN3O2/c1-12-14(22(29)30-2)4-3-9-28(12)21-19-15(13-5-7-16(23)17(24)10-13)6-8-18(25)20(19)26-11-27-21/h5-8,10-12,14H,3-4,9H2,1-2H3. The predicted molar refractivity (Wildman–Crippen MR) is 117 cm³/mol. The lowest BCUT2D eigenvalue weighted by Gasteiger charge is -2.39. The molecule has 8 heteroatoms. The molecule has 0 spiro atoms. The van der Waals surface area contributed by atoms with E-state index in [1.54, 1.807) is 18.2 Å². The number of halogens is 3. The first kappa shape index (κ1) is 20.8. The highest BCUT2D eigenvalue weighted by Crippen LogP contribution is 2.39. The lowest BCUT2D eigenvalue weighted by atomic mass is 9.89. The number of methoxy groups -OCH3 is 1. The number of ether oxygens (including phenoxy) is 1. The summed E-state index contributed by atoms with van der Waals surface area (Å²) in [5, 5.41) is 1.42. The molecule has 156 valence electrons. The Bertz CT molecular complexity index is 1120. The summed E-state index contributed by atoms with van der Waals surface area (Å²) in [7, 11) is 1.39. The Hall–Kier alpha value is -2.44. The van der Waals surface area contributed by atoms with Gasteiger partial charge in [-0.15, -0.1) is 0 Å². The van der Waals surface area contributed by atoms with E-state index in [2.05, 4.69) is 9.97 Å². The number of carbonyl (C=O) groups is 1. The van der Waals surface area contributed by atoms with Gasteiger partial charge in [-0.25, -0.2) is 14.4 Å². The highest BCUT2D eigenvalue weighted by atomic mass is 35.5. The van der Waals surface area contributed by atoms with Crippen LogP contribution in [0.2, 0.25) is 10.0 Å². The number of piperidine rings is 1. The predicted octanol–water partition coefficient (Wildman–Crippen LogP) is 5.52. The maximum Gasteiger partial charge on any atom is 0.310 e. The normalized spacial score (nSPS) is 19.2. The van der Waals surface area contributed by atoms with Gasteiger partial charge in [-0.1, -0.05) is 35.3 Å². The molecule has 0 aliphatic carbocycles. The van der Waals surface area contributed by atoms with Gasteiger partial charge in [0.2, 0.25) is 0 Å². The second kappa shape index (κ2) is 8.36. The first-order chi connectivity index (χ1) is 14.4. The Morgan fingerprint density at radius 2 is 2.00 bits per heavy atom. The van der Waals surface area contributed by atoms with Crippen LogP contribution >= 0.6 is 23.2 Å². The van der Waals surface area contributed by atoms with E-state index in [0.29, 0.717) is 27.8 Å². The van der Waals surface area contributed by atoms with Gasteiger partial charge < -0.3 is 9.64 Å². The van der Waals surface area contributed by atoms with Crippen LogP contribution in [0.5, 0.6) is 0 Å². The van der Waals surface area contributed by atoms with Crippen molar-refractivity contribution in [3.63, 3.8) is 0 Å². The number of anilines is 1. The minimum atomic E-state index is -0.438. The molecule has 1 fully saturated rings. The van der Waals surface area contributed by atoms with Crippen LogP contribution in [0.4, 0.5) is 10.2 Å². The minimum Gasteiger partial charge on any atom is -0.469 e. The summed E-state index contributed by atoms with van der Waals surface area (Å²) in [6.07, 6.45) is 2.89. The molecule has 2 atom stereocenters. The zero-order valence-corrected chi connectivity index (χ0v) is 18.0. The fourth-order valence-electron chi connectivity index (χ4n) is 4.15. The van der Waals surface area contributed by atoms with Crippen LogP contribution in [-0.4, -0.2) is 35.6 Å². The zero-order valence-electron chi connectivity index (χ0n) is 16.5. The monoisotopic (exact) mass is 447 g/mol. The molecule has 1 aliphatic rings. The lowest BCUT2D eigenvalue weighted by molar-refractivity contribution is -0.146. The number of nitrogens with zero attached hydrogens (tertiary/aromatic N) is 3. The van der Waals surface area contributed by atoms with Crippen molar-refractivity contribution in [3.05, 3.63) is 52.5 Å².